The number of halogens is 6. The van der Waals surface area contributed by atoms with Gasteiger partial charge in [0.15, 0.2) is 11.5 Å². The summed E-state index contributed by atoms with van der Waals surface area (Å²) in [6.45, 7) is 0.289. The first kappa shape index (κ1) is 17.9. The van der Waals surface area contributed by atoms with Crippen molar-refractivity contribution in [2.75, 3.05) is 11.6 Å². The maximum absolute atomic E-state index is 13.3. The zero-order chi connectivity index (χ0) is 17.4. The lowest BCUT2D eigenvalue weighted by atomic mass is 10.1. The molecule has 1 aliphatic rings. The molecule has 0 aliphatic carbocycles. The normalized spacial score (nSPS) is 21.7. The summed E-state index contributed by atoms with van der Waals surface area (Å²) in [7, 11) is -1.20. The Morgan fingerprint density at radius 3 is 2.65 bits per heavy atom. The van der Waals surface area contributed by atoms with Gasteiger partial charge in [-0.25, -0.2) is 8.78 Å². The molecule has 1 heterocycles. The largest absolute Gasteiger partial charge is 0.419 e. The standard InChI is InChI=1S/C13H10ClF5N2OS/c1-7-6-21(12(14)23(7)20-11(22)5-15)8-2-3-10(16)9(4-8)13(17,18)19/h2-4,6,12H,5H2,1H3. The van der Waals surface area contributed by atoms with E-state index in [4.69, 9.17) is 11.6 Å². The molecule has 1 aromatic carbocycles. The fourth-order valence-electron chi connectivity index (χ4n) is 1.90. The first-order valence-corrected chi connectivity index (χ1v) is 7.84. The third-order valence-corrected chi connectivity index (χ3v) is 5.40. The van der Waals surface area contributed by atoms with Crippen LogP contribution in [0.15, 0.2) is 33.7 Å². The molecule has 1 amide bonds. The monoisotopic (exact) mass is 372 g/mol. The molecule has 0 N–H and O–H groups in total. The van der Waals surface area contributed by atoms with E-state index >= 15 is 0 Å². The van der Waals surface area contributed by atoms with E-state index in [9.17, 15) is 26.7 Å². The van der Waals surface area contributed by atoms with Crippen molar-refractivity contribution < 1.29 is 26.7 Å². The molecule has 0 radical (unpaired) electrons. The Morgan fingerprint density at radius 1 is 1.43 bits per heavy atom. The molecule has 0 bridgehead atoms. The van der Waals surface area contributed by atoms with Crippen LogP contribution in [0.5, 0.6) is 0 Å². The van der Waals surface area contributed by atoms with Crippen LogP contribution < -0.4 is 4.90 Å². The van der Waals surface area contributed by atoms with Crippen molar-refractivity contribution in [3.05, 3.63) is 40.7 Å². The minimum Gasteiger partial charge on any atom is -0.321 e. The first-order valence-electron chi connectivity index (χ1n) is 6.16. The van der Waals surface area contributed by atoms with Gasteiger partial charge < -0.3 is 4.90 Å². The van der Waals surface area contributed by atoms with Crippen LogP contribution in [0.25, 0.3) is 0 Å². The molecule has 0 saturated heterocycles. The molecule has 23 heavy (non-hydrogen) atoms. The van der Waals surface area contributed by atoms with Crippen molar-refractivity contribution in [1.29, 1.82) is 0 Å². The van der Waals surface area contributed by atoms with E-state index in [2.05, 4.69) is 4.36 Å². The highest BCUT2D eigenvalue weighted by atomic mass is 35.5. The molecule has 126 valence electrons. The van der Waals surface area contributed by atoms with Gasteiger partial charge in [0.2, 0.25) is 0 Å². The quantitative estimate of drug-likeness (QED) is 0.439. The van der Waals surface area contributed by atoms with Gasteiger partial charge >= 0.3 is 6.18 Å². The maximum Gasteiger partial charge on any atom is 0.419 e. The number of nitrogens with zero attached hydrogens (tertiary/aromatic N) is 2. The molecular formula is C13H10ClF5N2OS. The molecule has 2 rings (SSSR count). The first-order chi connectivity index (χ1) is 10.6. The molecule has 2 atom stereocenters. The van der Waals surface area contributed by atoms with Crippen LogP contribution in [0, 0.1) is 5.82 Å². The van der Waals surface area contributed by atoms with Gasteiger partial charge in [-0.3, -0.25) is 4.79 Å². The summed E-state index contributed by atoms with van der Waals surface area (Å²) in [5.41, 5.74) is -1.43. The number of hydrogen-bond donors (Lipinski definition) is 0. The summed E-state index contributed by atoms with van der Waals surface area (Å²) < 4.78 is 67.5. The molecule has 2 unspecified atom stereocenters. The number of alkyl halides is 5. The zero-order valence-electron chi connectivity index (χ0n) is 11.6. The summed E-state index contributed by atoms with van der Waals surface area (Å²) in [4.78, 5) is 11.9. The number of amides is 1. The van der Waals surface area contributed by atoms with E-state index in [-0.39, 0.29) is 5.69 Å². The summed E-state index contributed by atoms with van der Waals surface area (Å²) in [6.07, 6.45) is -3.44. The zero-order valence-corrected chi connectivity index (χ0v) is 13.1. The van der Waals surface area contributed by atoms with Crippen LogP contribution in [0.1, 0.15) is 12.5 Å². The molecule has 3 nitrogen and oxygen atoms in total. The van der Waals surface area contributed by atoms with Crippen molar-refractivity contribution in [1.82, 2.24) is 0 Å². The number of hydrogen-bond acceptors (Lipinski definition) is 2. The Hall–Kier alpha value is -1.48. The minimum atomic E-state index is -4.85. The van der Waals surface area contributed by atoms with Gasteiger partial charge in [-0.2, -0.15) is 17.5 Å². The summed E-state index contributed by atoms with van der Waals surface area (Å²) in [6, 6.07) is 2.44. The average Bonchev–Trinajstić information content (AvgIpc) is 2.74. The van der Waals surface area contributed by atoms with Gasteiger partial charge in [0.05, 0.1) is 5.56 Å². The number of carbonyl (C=O) groups is 1. The van der Waals surface area contributed by atoms with Gasteiger partial charge in [-0.1, -0.05) is 11.6 Å². The molecule has 0 saturated carbocycles. The maximum atomic E-state index is 13.3. The van der Waals surface area contributed by atoms with E-state index < -0.39 is 45.7 Å². The predicted molar refractivity (Wildman–Crippen MR) is 78.1 cm³/mol. The second kappa shape index (κ2) is 6.56. The van der Waals surface area contributed by atoms with Gasteiger partial charge in [-0.15, -0.1) is 0 Å². The van der Waals surface area contributed by atoms with Crippen LogP contribution in [-0.2, 0) is 21.7 Å². The third-order valence-electron chi connectivity index (χ3n) is 2.92. The lowest BCUT2D eigenvalue weighted by Gasteiger charge is -2.22. The van der Waals surface area contributed by atoms with Gasteiger partial charge in [0, 0.05) is 16.8 Å². The highest BCUT2D eigenvalue weighted by molar-refractivity contribution is 7.93. The number of carbonyl (C=O) groups excluding carboxylic acids is 1. The third kappa shape index (κ3) is 3.72. The highest BCUT2D eigenvalue weighted by Crippen LogP contribution is 2.37. The Morgan fingerprint density at radius 2 is 2.09 bits per heavy atom. The molecule has 1 aliphatic heterocycles. The van der Waals surface area contributed by atoms with E-state index in [1.807, 2.05) is 0 Å². The van der Waals surface area contributed by atoms with Crippen LogP contribution >= 0.6 is 11.6 Å². The molecule has 1 aromatic rings. The fourth-order valence-corrected chi connectivity index (χ4v) is 4.04. The van der Waals surface area contributed by atoms with Crippen molar-refractivity contribution >= 4 is 33.9 Å². The van der Waals surface area contributed by atoms with Crippen LogP contribution in [0.2, 0.25) is 0 Å². The molecular weight excluding hydrogens is 363 g/mol. The Kier molecular flexibility index (Phi) is 5.10. The second-order valence-electron chi connectivity index (χ2n) is 4.53. The van der Waals surface area contributed by atoms with Crippen molar-refractivity contribution in [3.63, 3.8) is 0 Å². The van der Waals surface area contributed by atoms with E-state index in [0.29, 0.717) is 17.0 Å². The van der Waals surface area contributed by atoms with Crippen LogP contribution in [-0.4, -0.2) is 17.4 Å². The molecule has 0 aromatic heterocycles. The van der Waals surface area contributed by atoms with Gasteiger partial charge in [0.1, 0.15) is 5.82 Å². The Bertz CT molecular complexity index is 704. The molecule has 0 fully saturated rings. The summed E-state index contributed by atoms with van der Waals surface area (Å²) in [5.74, 6) is -2.40. The summed E-state index contributed by atoms with van der Waals surface area (Å²) >= 11 is 6.12. The second-order valence-corrected chi connectivity index (χ2v) is 7.11. The van der Waals surface area contributed by atoms with Gasteiger partial charge in [-0.05, 0) is 35.8 Å². The molecule has 10 heteroatoms. The predicted octanol–water partition coefficient (Wildman–Crippen LogP) is 4.35. The van der Waals surface area contributed by atoms with E-state index in [1.165, 1.54) is 11.1 Å². The van der Waals surface area contributed by atoms with Gasteiger partial charge in [0.25, 0.3) is 5.91 Å². The van der Waals surface area contributed by atoms with E-state index in [1.54, 1.807) is 6.92 Å². The lowest BCUT2D eigenvalue weighted by molar-refractivity contribution is -0.140. The smallest absolute Gasteiger partial charge is 0.321 e. The fraction of sp³-hybridized carbons (Fsp3) is 0.308. The number of benzene rings is 1. The summed E-state index contributed by atoms with van der Waals surface area (Å²) in [5, 5.41) is 0. The molecule has 0 spiro atoms. The number of rotatable bonds is 2. The Labute approximate surface area is 135 Å². The number of allylic oxidation sites excluding steroid dienone is 1. The van der Waals surface area contributed by atoms with Crippen LogP contribution in [0.3, 0.4) is 0 Å². The highest BCUT2D eigenvalue weighted by Gasteiger charge is 2.36. The Balaban J connectivity index is 2.41. The van der Waals surface area contributed by atoms with Crippen molar-refractivity contribution in [2.24, 2.45) is 4.36 Å². The van der Waals surface area contributed by atoms with Crippen LogP contribution in [0.4, 0.5) is 27.6 Å². The number of anilines is 1. The topological polar surface area (TPSA) is 32.7 Å². The lowest BCUT2D eigenvalue weighted by Crippen LogP contribution is -2.24. The average molecular weight is 373 g/mol. The minimum absolute atomic E-state index is 0.00373. The van der Waals surface area contributed by atoms with Crippen molar-refractivity contribution in [2.45, 2.75) is 17.9 Å². The SMILES string of the molecule is CC1=CN(c2ccc(F)c(C(F)(F)F)c2)C(Cl)S1=NC(=O)CF. The van der Waals surface area contributed by atoms with E-state index in [0.717, 1.165) is 6.07 Å². The van der Waals surface area contributed by atoms with Crippen molar-refractivity contribution in [3.8, 4) is 0 Å².